The summed E-state index contributed by atoms with van der Waals surface area (Å²) < 4.78 is 11.1. The van der Waals surface area contributed by atoms with Gasteiger partial charge >= 0.3 is 5.97 Å². The molecule has 0 spiro atoms. The first kappa shape index (κ1) is 16.6. The molecule has 22 heavy (non-hydrogen) atoms. The number of aliphatic imine (C=N–C) groups is 1. The summed E-state index contributed by atoms with van der Waals surface area (Å²) >= 11 is 9.46. The molecule has 116 valence electrons. The Morgan fingerprint density at radius 1 is 1.41 bits per heavy atom. The zero-order valence-corrected chi connectivity index (χ0v) is 14.6. The Hall–Kier alpha value is -1.79. The topological polar surface area (TPSA) is 55.0 Å². The third-order valence-electron chi connectivity index (χ3n) is 2.79. The number of carbonyl (C=O) groups excluding carboxylic acids is 1. The molecule has 0 fully saturated rings. The number of rotatable bonds is 4. The molecule has 1 heterocycles. The zero-order valence-electron chi connectivity index (χ0n) is 12.3. The summed E-state index contributed by atoms with van der Waals surface area (Å²) in [7, 11) is 5.08. The van der Waals surface area contributed by atoms with E-state index < -0.39 is 5.97 Å². The van der Waals surface area contributed by atoms with Gasteiger partial charge in [0.25, 0.3) is 0 Å². The summed E-state index contributed by atoms with van der Waals surface area (Å²) in [5, 5.41) is 0.288. The first-order valence-corrected chi connectivity index (χ1v) is 7.48. The first-order valence-electron chi connectivity index (χ1n) is 6.31. The van der Waals surface area contributed by atoms with E-state index in [2.05, 4.69) is 25.7 Å². The zero-order chi connectivity index (χ0) is 16.3. The monoisotopic (exact) mass is 384 g/mol. The maximum absolute atomic E-state index is 11.5. The number of benzene rings is 1. The van der Waals surface area contributed by atoms with Crippen LogP contribution in [-0.4, -0.2) is 33.4 Å². The largest absolute Gasteiger partial charge is 0.465 e. The van der Waals surface area contributed by atoms with Gasteiger partial charge in [0, 0.05) is 20.2 Å². The Kier molecular flexibility index (Phi) is 5.26. The van der Waals surface area contributed by atoms with Gasteiger partial charge in [0.1, 0.15) is 5.76 Å². The van der Waals surface area contributed by atoms with Gasteiger partial charge in [-0.15, -0.1) is 0 Å². The van der Waals surface area contributed by atoms with Crippen molar-refractivity contribution < 1.29 is 13.9 Å². The second-order valence-electron chi connectivity index (χ2n) is 4.61. The normalized spacial score (nSPS) is 11.0. The number of carbonyl (C=O) groups is 1. The van der Waals surface area contributed by atoms with Crippen molar-refractivity contribution in [3.8, 4) is 0 Å². The lowest BCUT2D eigenvalue weighted by Gasteiger charge is -2.07. The standard InChI is InChI=1S/C15H14BrClN2O3/c1-19(2)14-12(16)7-10(22-14)8-18-9-4-5-11(13(17)6-9)15(20)21-3/h4-8H,1-3H3. The summed E-state index contributed by atoms with van der Waals surface area (Å²) in [5.74, 6) is 0.829. The molecule has 0 bridgehead atoms. The molecule has 0 atom stereocenters. The van der Waals surface area contributed by atoms with Gasteiger partial charge in [-0.1, -0.05) is 11.6 Å². The molecule has 0 radical (unpaired) electrons. The summed E-state index contributed by atoms with van der Waals surface area (Å²) in [4.78, 5) is 17.6. The molecule has 0 aliphatic carbocycles. The van der Waals surface area contributed by atoms with Crippen LogP contribution in [0.1, 0.15) is 16.1 Å². The van der Waals surface area contributed by atoms with E-state index in [1.165, 1.54) is 7.11 Å². The highest BCUT2D eigenvalue weighted by Gasteiger charge is 2.11. The van der Waals surface area contributed by atoms with Crippen molar-refractivity contribution in [2.75, 3.05) is 26.1 Å². The van der Waals surface area contributed by atoms with E-state index in [4.69, 9.17) is 16.0 Å². The number of hydrogen-bond acceptors (Lipinski definition) is 5. The lowest BCUT2D eigenvalue weighted by Crippen LogP contribution is -2.07. The number of ether oxygens (including phenoxy) is 1. The van der Waals surface area contributed by atoms with Crippen molar-refractivity contribution in [2.45, 2.75) is 0 Å². The quantitative estimate of drug-likeness (QED) is 0.582. The van der Waals surface area contributed by atoms with E-state index in [0.29, 0.717) is 22.9 Å². The van der Waals surface area contributed by atoms with Gasteiger partial charge in [-0.3, -0.25) is 4.99 Å². The Morgan fingerprint density at radius 2 is 2.14 bits per heavy atom. The van der Waals surface area contributed by atoms with Crippen molar-refractivity contribution in [1.82, 2.24) is 0 Å². The molecule has 0 saturated carbocycles. The molecule has 2 rings (SSSR count). The Balaban J connectivity index is 2.22. The predicted molar refractivity (Wildman–Crippen MR) is 90.8 cm³/mol. The molecule has 0 unspecified atom stereocenters. The van der Waals surface area contributed by atoms with Crippen LogP contribution in [0.5, 0.6) is 0 Å². The van der Waals surface area contributed by atoms with Crippen LogP contribution in [0.3, 0.4) is 0 Å². The third kappa shape index (κ3) is 3.69. The first-order chi connectivity index (χ1) is 10.4. The number of methoxy groups -OCH3 is 1. The molecule has 0 amide bonds. The molecule has 5 nitrogen and oxygen atoms in total. The van der Waals surface area contributed by atoms with Gasteiger partial charge < -0.3 is 14.1 Å². The lowest BCUT2D eigenvalue weighted by atomic mass is 10.2. The van der Waals surface area contributed by atoms with Crippen LogP contribution in [0.15, 0.2) is 38.1 Å². The Morgan fingerprint density at radius 3 is 2.68 bits per heavy atom. The minimum Gasteiger partial charge on any atom is -0.465 e. The second-order valence-corrected chi connectivity index (χ2v) is 5.87. The molecule has 1 aromatic carbocycles. The molecule has 0 N–H and O–H groups in total. The average Bonchev–Trinajstić information content (AvgIpc) is 2.86. The van der Waals surface area contributed by atoms with E-state index in [9.17, 15) is 4.79 Å². The van der Waals surface area contributed by atoms with Crippen LogP contribution in [0.2, 0.25) is 5.02 Å². The fourth-order valence-electron chi connectivity index (χ4n) is 1.74. The van der Waals surface area contributed by atoms with Gasteiger partial charge in [-0.2, -0.15) is 0 Å². The third-order valence-corrected chi connectivity index (χ3v) is 3.67. The number of anilines is 1. The van der Waals surface area contributed by atoms with Crippen LogP contribution in [0.4, 0.5) is 11.6 Å². The Labute approximate surface area is 141 Å². The molecule has 1 aromatic heterocycles. The van der Waals surface area contributed by atoms with Gasteiger partial charge in [-0.05, 0) is 34.1 Å². The van der Waals surface area contributed by atoms with Crippen molar-refractivity contribution >= 4 is 51.3 Å². The number of esters is 1. The molecule has 0 aliphatic heterocycles. The van der Waals surface area contributed by atoms with E-state index in [0.717, 1.165) is 4.47 Å². The fourth-order valence-corrected chi connectivity index (χ4v) is 2.66. The van der Waals surface area contributed by atoms with Crippen molar-refractivity contribution in [3.63, 3.8) is 0 Å². The van der Waals surface area contributed by atoms with Gasteiger partial charge in [0.15, 0.2) is 0 Å². The highest BCUT2D eigenvalue weighted by molar-refractivity contribution is 9.10. The summed E-state index contributed by atoms with van der Waals surface area (Å²) in [5.41, 5.74) is 0.912. The molecule has 0 saturated heterocycles. The van der Waals surface area contributed by atoms with Crippen molar-refractivity contribution in [1.29, 1.82) is 0 Å². The SMILES string of the molecule is COC(=O)c1ccc(N=Cc2cc(Br)c(N(C)C)o2)cc1Cl. The number of furan rings is 1. The fraction of sp³-hybridized carbons (Fsp3) is 0.200. The highest BCUT2D eigenvalue weighted by Crippen LogP contribution is 2.29. The van der Waals surface area contributed by atoms with Crippen LogP contribution in [-0.2, 0) is 4.74 Å². The van der Waals surface area contributed by atoms with Crippen LogP contribution >= 0.6 is 27.5 Å². The second kappa shape index (κ2) is 6.98. The van der Waals surface area contributed by atoms with Gasteiger partial charge in [-0.25, -0.2) is 4.79 Å². The Bertz CT molecular complexity index is 726. The smallest absolute Gasteiger partial charge is 0.339 e. The maximum Gasteiger partial charge on any atom is 0.339 e. The summed E-state index contributed by atoms with van der Waals surface area (Å²) in [6, 6.07) is 6.67. The molecular formula is C15H14BrClN2O3. The van der Waals surface area contributed by atoms with Crippen molar-refractivity contribution in [3.05, 3.63) is 45.1 Å². The predicted octanol–water partition coefficient (Wildman–Crippen LogP) is 4.30. The molecule has 2 aromatic rings. The maximum atomic E-state index is 11.5. The summed E-state index contributed by atoms with van der Waals surface area (Å²) in [6.45, 7) is 0. The minimum absolute atomic E-state index is 0.288. The van der Waals surface area contributed by atoms with Gasteiger partial charge in [0.2, 0.25) is 5.88 Å². The number of nitrogens with zero attached hydrogens (tertiary/aromatic N) is 2. The average molecular weight is 386 g/mol. The molecule has 0 aliphatic rings. The van der Waals surface area contributed by atoms with Gasteiger partial charge in [0.05, 0.1) is 34.1 Å². The van der Waals surface area contributed by atoms with E-state index in [1.54, 1.807) is 24.4 Å². The lowest BCUT2D eigenvalue weighted by molar-refractivity contribution is 0.0601. The molecule has 7 heteroatoms. The minimum atomic E-state index is -0.480. The van der Waals surface area contributed by atoms with Crippen molar-refractivity contribution in [2.24, 2.45) is 4.99 Å². The summed E-state index contributed by atoms with van der Waals surface area (Å²) in [6.07, 6.45) is 1.58. The molecular weight excluding hydrogens is 372 g/mol. The van der Waals surface area contributed by atoms with E-state index in [1.807, 2.05) is 25.1 Å². The van der Waals surface area contributed by atoms with E-state index in [-0.39, 0.29) is 5.02 Å². The van der Waals surface area contributed by atoms with Crippen LogP contribution in [0, 0.1) is 0 Å². The number of hydrogen-bond donors (Lipinski definition) is 0. The highest BCUT2D eigenvalue weighted by atomic mass is 79.9. The van der Waals surface area contributed by atoms with E-state index >= 15 is 0 Å². The van der Waals surface area contributed by atoms with Crippen LogP contribution < -0.4 is 4.90 Å². The number of halogens is 2. The van der Waals surface area contributed by atoms with Crippen LogP contribution in [0.25, 0.3) is 0 Å².